The first-order valence-corrected chi connectivity index (χ1v) is 26.0. The molecular weight excluding hydrogens is 909 g/mol. The third-order valence-corrected chi connectivity index (χ3v) is 13.8. The molecule has 0 atom stereocenters. The van der Waals surface area contributed by atoms with Crippen LogP contribution in [0.1, 0.15) is 176 Å². The van der Waals surface area contributed by atoms with Gasteiger partial charge in [0.25, 0.3) is 0 Å². The quantitative estimate of drug-likeness (QED) is 0.0465. The molecule has 0 spiro atoms. The number of aliphatic hydroxyl groups excluding tert-OH is 4. The molecule has 12 nitrogen and oxygen atoms in total. The lowest BCUT2D eigenvalue weighted by Gasteiger charge is -2.28. The molecule has 6 N–H and O–H groups in total. The van der Waals surface area contributed by atoms with E-state index in [1.807, 2.05) is 0 Å². The molecule has 1 aliphatic carbocycles. The Morgan fingerprint density at radius 2 is 0.639 bits per heavy atom. The van der Waals surface area contributed by atoms with Crippen molar-refractivity contribution in [1.29, 1.82) is 0 Å². The molecule has 4 aromatic rings. The van der Waals surface area contributed by atoms with Crippen molar-refractivity contribution in [3.05, 3.63) is 115 Å². The van der Waals surface area contributed by atoms with Crippen molar-refractivity contribution in [2.24, 2.45) is 0 Å². The number of aliphatic hydroxyl groups is 4. The molecule has 0 heterocycles. The number of carbonyl (C=O) groups excluding carboxylic acids is 2. The van der Waals surface area contributed by atoms with Crippen LogP contribution in [0.5, 0.6) is 23.0 Å². The number of rotatable bonds is 18. The van der Waals surface area contributed by atoms with Gasteiger partial charge in [-0.25, -0.2) is 0 Å². The van der Waals surface area contributed by atoms with Crippen molar-refractivity contribution in [1.82, 2.24) is 9.80 Å². The molecule has 0 aliphatic heterocycles. The Bertz CT molecular complexity index is 2220. The maximum Gasteiger partial charge on any atom is 0.222 e. The topological polar surface area (TPSA) is 180 Å². The lowest BCUT2D eigenvalue weighted by atomic mass is 9.79. The van der Waals surface area contributed by atoms with Gasteiger partial charge < -0.3 is 49.9 Å². The minimum atomic E-state index is -0.294. The Balaban J connectivity index is 1.78. The van der Waals surface area contributed by atoms with E-state index in [0.29, 0.717) is 50.0 Å². The molecule has 5 rings (SSSR count). The van der Waals surface area contributed by atoms with E-state index in [0.717, 1.165) is 66.8 Å². The molecule has 4 aromatic carbocycles. The fraction of sp³-hybridized carbons (Fsp3) is 0.567. The number of ether oxygens (including phenoxy) is 2. The van der Waals surface area contributed by atoms with Crippen LogP contribution in [0.15, 0.2) is 48.5 Å². The first-order valence-electron chi connectivity index (χ1n) is 26.0. The normalized spacial score (nSPS) is 13.2. The Labute approximate surface area is 430 Å². The fourth-order valence-electron chi connectivity index (χ4n) is 9.33. The molecule has 8 bridgehead atoms. The van der Waals surface area contributed by atoms with Crippen LogP contribution in [0.25, 0.3) is 0 Å². The summed E-state index contributed by atoms with van der Waals surface area (Å²) in [5.74, 6) is 1.27. The number of benzene rings is 4. The van der Waals surface area contributed by atoms with E-state index in [9.17, 15) is 40.2 Å². The average Bonchev–Trinajstić information content (AvgIpc) is 3.28. The van der Waals surface area contributed by atoms with Crippen molar-refractivity contribution in [3.63, 3.8) is 0 Å². The van der Waals surface area contributed by atoms with Gasteiger partial charge in [0, 0.05) is 64.7 Å². The number of fused-ring (bicyclic) bond motifs is 8. The molecule has 0 saturated heterocycles. The smallest absolute Gasteiger partial charge is 0.222 e. The Hall–Kier alpha value is -5.14. The van der Waals surface area contributed by atoms with Crippen molar-refractivity contribution >= 4 is 11.8 Å². The van der Waals surface area contributed by atoms with Gasteiger partial charge in [0.05, 0.1) is 39.6 Å². The first kappa shape index (κ1) is 57.8. The van der Waals surface area contributed by atoms with Crippen LogP contribution < -0.4 is 9.47 Å². The molecule has 12 heteroatoms. The van der Waals surface area contributed by atoms with E-state index in [1.54, 1.807) is 0 Å². The zero-order valence-electron chi connectivity index (χ0n) is 45.6. The number of phenolic OH excluding ortho intramolecular Hbond substituents is 2. The lowest BCUT2D eigenvalue weighted by molar-refractivity contribution is -0.133. The van der Waals surface area contributed by atoms with Crippen molar-refractivity contribution in [2.45, 2.75) is 156 Å². The van der Waals surface area contributed by atoms with Gasteiger partial charge in [-0.2, -0.15) is 0 Å². The third-order valence-electron chi connectivity index (χ3n) is 13.8. The Morgan fingerprint density at radius 3 is 0.847 bits per heavy atom. The zero-order valence-corrected chi connectivity index (χ0v) is 45.6. The highest BCUT2D eigenvalue weighted by Gasteiger charge is 2.29. The van der Waals surface area contributed by atoms with Crippen molar-refractivity contribution < 1.29 is 49.7 Å². The molecule has 0 radical (unpaired) electrons. The van der Waals surface area contributed by atoms with E-state index in [2.05, 4.69) is 132 Å². The lowest BCUT2D eigenvalue weighted by Crippen LogP contribution is -2.35. The number of hydrogen-bond acceptors (Lipinski definition) is 10. The van der Waals surface area contributed by atoms with Gasteiger partial charge in [0.2, 0.25) is 11.8 Å². The second-order valence-corrected chi connectivity index (χ2v) is 23.8. The minimum Gasteiger partial charge on any atom is -0.507 e. The minimum absolute atomic E-state index is 0.137. The molecule has 0 saturated carbocycles. The van der Waals surface area contributed by atoms with E-state index >= 15 is 0 Å². The third kappa shape index (κ3) is 15.0. The molecule has 1 aliphatic rings. The predicted octanol–water partition coefficient (Wildman–Crippen LogP) is 8.91. The second-order valence-electron chi connectivity index (χ2n) is 23.8. The molecule has 0 unspecified atom stereocenters. The number of nitrogens with zero attached hydrogens (tertiary/aromatic N) is 2. The highest BCUT2D eigenvalue weighted by atomic mass is 16.5. The van der Waals surface area contributed by atoms with Crippen LogP contribution in [-0.4, -0.2) is 118 Å². The number of phenols is 2. The van der Waals surface area contributed by atoms with Crippen LogP contribution in [0.2, 0.25) is 0 Å². The highest BCUT2D eigenvalue weighted by molar-refractivity contribution is 5.76. The van der Waals surface area contributed by atoms with Crippen LogP contribution in [0.3, 0.4) is 0 Å². The van der Waals surface area contributed by atoms with Gasteiger partial charge in [-0.05, 0) is 101 Å². The zero-order chi connectivity index (χ0) is 53.3. The molecule has 0 fully saturated rings. The standard InChI is InChI=1S/C60H86N2O10/c1-57(2,3)47-31-39-27-43-35-49(59(7,8)9)37-45(55(43)71-25-13-15-51(67)61(17-21-63)18-22-64)29-41-33-48(58(4,5)6)34-42(54(41)70)30-46-38-50(60(10,11)12)36-44(28-40(32-47)53(39)69)56(46)72-26-14-16-52(68)62(19-23-65)20-24-66/h31-38,63-66,69-70H,13-30H2,1-12H3. The van der Waals surface area contributed by atoms with Gasteiger partial charge in [-0.15, -0.1) is 0 Å². The summed E-state index contributed by atoms with van der Waals surface area (Å²) in [7, 11) is 0. The van der Waals surface area contributed by atoms with Gasteiger partial charge in [0.1, 0.15) is 23.0 Å². The van der Waals surface area contributed by atoms with Crippen molar-refractivity contribution in [3.8, 4) is 23.0 Å². The van der Waals surface area contributed by atoms with Crippen molar-refractivity contribution in [2.75, 3.05) is 65.8 Å². The molecule has 2 amide bonds. The summed E-state index contributed by atoms with van der Waals surface area (Å²) in [5.41, 5.74) is 9.46. The summed E-state index contributed by atoms with van der Waals surface area (Å²) in [6.07, 6.45) is 2.38. The Kier molecular flexibility index (Phi) is 19.5. The number of amides is 2. The van der Waals surface area contributed by atoms with Gasteiger partial charge in [-0.1, -0.05) is 132 Å². The summed E-state index contributed by atoms with van der Waals surface area (Å²) >= 11 is 0. The average molecular weight is 995 g/mol. The van der Waals surface area contributed by atoms with Crippen LogP contribution >= 0.6 is 0 Å². The van der Waals surface area contributed by atoms with Gasteiger partial charge in [0.15, 0.2) is 0 Å². The van der Waals surface area contributed by atoms with Crippen LogP contribution in [0, 0.1) is 0 Å². The van der Waals surface area contributed by atoms with E-state index in [-0.39, 0.29) is 124 Å². The molecule has 396 valence electrons. The number of hydrogen-bond donors (Lipinski definition) is 6. The molecule has 0 aromatic heterocycles. The maximum atomic E-state index is 13.2. The number of aromatic hydroxyl groups is 2. The fourth-order valence-corrected chi connectivity index (χ4v) is 9.33. The second kappa shape index (κ2) is 24.3. The Morgan fingerprint density at radius 1 is 0.417 bits per heavy atom. The highest BCUT2D eigenvalue weighted by Crippen LogP contribution is 2.44. The first-order chi connectivity index (χ1) is 33.7. The summed E-state index contributed by atoms with van der Waals surface area (Å²) < 4.78 is 13.7. The summed E-state index contributed by atoms with van der Waals surface area (Å²) in [6.45, 7) is 26.2. The van der Waals surface area contributed by atoms with E-state index in [4.69, 9.17) is 9.47 Å². The summed E-state index contributed by atoms with van der Waals surface area (Å²) in [4.78, 5) is 29.4. The largest absolute Gasteiger partial charge is 0.507 e. The van der Waals surface area contributed by atoms with Crippen LogP contribution in [-0.2, 0) is 56.9 Å². The van der Waals surface area contributed by atoms with Gasteiger partial charge in [-0.3, -0.25) is 9.59 Å². The SMILES string of the molecule is CC(C)(C)c1cc2c(O)c(c1)Cc1cc(C(C)(C)C)cc(c1OCCCC(=O)N(CCO)CCO)Cc1cc(C(C)(C)C)cc(c1O)Cc1cc(C(C)(C)C)cc(c1OCCCC(=O)N(CCO)CCO)C2. The molecule has 72 heavy (non-hydrogen) atoms. The molecular formula is C60H86N2O10. The predicted molar refractivity (Wildman–Crippen MR) is 286 cm³/mol. The van der Waals surface area contributed by atoms with Gasteiger partial charge >= 0.3 is 0 Å². The monoisotopic (exact) mass is 995 g/mol. The van der Waals surface area contributed by atoms with Crippen LogP contribution in [0.4, 0.5) is 0 Å². The van der Waals surface area contributed by atoms with E-state index < -0.39 is 0 Å². The maximum absolute atomic E-state index is 13.2. The number of carbonyl (C=O) groups is 2. The van der Waals surface area contributed by atoms with E-state index in [1.165, 1.54) is 9.80 Å². The summed E-state index contributed by atoms with van der Waals surface area (Å²) in [6, 6.07) is 17.0. The summed E-state index contributed by atoms with van der Waals surface area (Å²) in [5, 5.41) is 63.6.